The number of thioether (sulfide) groups is 1. The SMILES string of the molecule is O=C(CSc1nnc(-c2cccnc2)n1C1CC1)N1CCC[C@@H]2CCCC[C@@H]21. The van der Waals surface area contributed by atoms with Gasteiger partial charge in [0.1, 0.15) is 0 Å². The molecule has 1 aliphatic heterocycles. The van der Waals surface area contributed by atoms with Crippen LogP contribution in [0.15, 0.2) is 29.7 Å². The fourth-order valence-electron chi connectivity index (χ4n) is 4.87. The van der Waals surface area contributed by atoms with Crippen LogP contribution in [0.1, 0.15) is 57.4 Å². The van der Waals surface area contributed by atoms with Gasteiger partial charge in [-0.05, 0) is 56.6 Å². The van der Waals surface area contributed by atoms with Crippen LogP contribution in [0.2, 0.25) is 0 Å². The summed E-state index contributed by atoms with van der Waals surface area (Å²) in [5.41, 5.74) is 0.987. The van der Waals surface area contributed by atoms with Crippen molar-refractivity contribution >= 4 is 17.7 Å². The van der Waals surface area contributed by atoms with E-state index in [0.29, 0.717) is 17.8 Å². The second-order valence-corrected chi connectivity index (χ2v) is 9.22. The average molecular weight is 398 g/mol. The first kappa shape index (κ1) is 18.2. The molecule has 0 unspecified atom stereocenters. The quantitative estimate of drug-likeness (QED) is 0.715. The highest BCUT2D eigenvalue weighted by Gasteiger charge is 2.36. The highest BCUT2D eigenvalue weighted by molar-refractivity contribution is 7.99. The maximum Gasteiger partial charge on any atom is 0.233 e. The normalized spacial score (nSPS) is 24.8. The number of hydrogen-bond acceptors (Lipinski definition) is 5. The molecule has 0 aromatic carbocycles. The van der Waals surface area contributed by atoms with Crippen LogP contribution in [0.5, 0.6) is 0 Å². The van der Waals surface area contributed by atoms with Crippen LogP contribution in [-0.4, -0.2) is 48.9 Å². The first-order valence-corrected chi connectivity index (χ1v) is 11.6. The van der Waals surface area contributed by atoms with E-state index in [9.17, 15) is 4.79 Å². The zero-order valence-corrected chi connectivity index (χ0v) is 17.0. The van der Waals surface area contributed by atoms with Crippen molar-refractivity contribution in [3.8, 4) is 11.4 Å². The van der Waals surface area contributed by atoms with Crippen LogP contribution >= 0.6 is 11.8 Å². The molecule has 28 heavy (non-hydrogen) atoms. The van der Waals surface area contributed by atoms with Gasteiger partial charge in [-0.25, -0.2) is 0 Å². The maximum atomic E-state index is 13.0. The van der Waals surface area contributed by atoms with Crippen molar-refractivity contribution in [3.63, 3.8) is 0 Å². The molecule has 3 heterocycles. The van der Waals surface area contributed by atoms with Crippen molar-refractivity contribution in [2.75, 3.05) is 12.3 Å². The first-order valence-electron chi connectivity index (χ1n) is 10.6. The van der Waals surface area contributed by atoms with Gasteiger partial charge in [-0.15, -0.1) is 10.2 Å². The number of aromatic nitrogens is 4. The summed E-state index contributed by atoms with van der Waals surface area (Å²) in [6.07, 6.45) is 13.4. The van der Waals surface area contributed by atoms with E-state index in [-0.39, 0.29) is 5.91 Å². The molecule has 0 spiro atoms. The lowest BCUT2D eigenvalue weighted by Crippen LogP contribution is -2.50. The highest BCUT2D eigenvalue weighted by Crippen LogP contribution is 2.41. The molecule has 0 radical (unpaired) electrons. The number of likely N-dealkylation sites (tertiary alicyclic amines) is 1. The number of fused-ring (bicyclic) bond motifs is 1. The van der Waals surface area contributed by atoms with Crippen LogP contribution in [0, 0.1) is 5.92 Å². The van der Waals surface area contributed by atoms with Gasteiger partial charge < -0.3 is 4.90 Å². The summed E-state index contributed by atoms with van der Waals surface area (Å²) in [5.74, 6) is 2.33. The monoisotopic (exact) mass is 397 g/mol. The van der Waals surface area contributed by atoms with Crippen molar-refractivity contribution < 1.29 is 4.79 Å². The minimum atomic E-state index is 0.273. The van der Waals surface area contributed by atoms with E-state index in [1.807, 2.05) is 18.3 Å². The molecule has 3 aliphatic rings. The lowest BCUT2D eigenvalue weighted by atomic mass is 9.78. The van der Waals surface area contributed by atoms with Gasteiger partial charge >= 0.3 is 0 Å². The Balaban J connectivity index is 1.30. The molecule has 0 N–H and O–H groups in total. The van der Waals surface area contributed by atoms with Crippen LogP contribution in [0.25, 0.3) is 11.4 Å². The molecule has 148 valence electrons. The number of carbonyl (C=O) groups excluding carboxylic acids is 1. The van der Waals surface area contributed by atoms with E-state index in [2.05, 4.69) is 24.6 Å². The predicted octanol–water partition coefficient (Wildman–Crippen LogP) is 3.95. The second-order valence-electron chi connectivity index (χ2n) is 8.28. The standard InChI is InChI=1S/C21H27N5OS/c27-19(25-12-4-7-15-5-1-2-8-18(15)25)14-28-21-24-23-20(26(21)17-9-10-17)16-6-3-11-22-13-16/h3,6,11,13,15,17-18H,1-2,4-5,7-10,12,14H2/t15-,18-/m0/s1. The van der Waals surface area contributed by atoms with E-state index < -0.39 is 0 Å². The second kappa shape index (κ2) is 7.85. The third-order valence-corrected chi connectivity index (χ3v) is 7.31. The van der Waals surface area contributed by atoms with E-state index >= 15 is 0 Å². The van der Waals surface area contributed by atoms with Crippen LogP contribution in [-0.2, 0) is 4.79 Å². The maximum absolute atomic E-state index is 13.0. The Hall–Kier alpha value is -1.89. The summed E-state index contributed by atoms with van der Waals surface area (Å²) in [4.78, 5) is 19.4. The van der Waals surface area contributed by atoms with Gasteiger partial charge in [-0.3, -0.25) is 14.3 Å². The molecular weight excluding hydrogens is 370 g/mol. The van der Waals surface area contributed by atoms with Gasteiger partial charge in [0.05, 0.1) is 5.75 Å². The summed E-state index contributed by atoms with van der Waals surface area (Å²) in [5, 5.41) is 9.73. The van der Waals surface area contributed by atoms with E-state index in [4.69, 9.17) is 0 Å². The molecule has 3 fully saturated rings. The van der Waals surface area contributed by atoms with Gasteiger partial charge in [0.15, 0.2) is 11.0 Å². The minimum Gasteiger partial charge on any atom is -0.339 e. The first-order chi connectivity index (χ1) is 13.8. The number of carbonyl (C=O) groups is 1. The molecule has 2 aliphatic carbocycles. The molecule has 1 saturated heterocycles. The minimum absolute atomic E-state index is 0.273. The number of pyridine rings is 1. The third-order valence-electron chi connectivity index (χ3n) is 6.38. The zero-order chi connectivity index (χ0) is 18.9. The van der Waals surface area contributed by atoms with Crippen LogP contribution in [0.3, 0.4) is 0 Å². The topological polar surface area (TPSA) is 63.9 Å². The molecule has 6 nitrogen and oxygen atoms in total. The summed E-state index contributed by atoms with van der Waals surface area (Å²) in [6, 6.07) is 4.88. The Bertz CT molecular complexity index is 833. The largest absolute Gasteiger partial charge is 0.339 e. The Morgan fingerprint density at radius 1 is 1.11 bits per heavy atom. The smallest absolute Gasteiger partial charge is 0.233 e. The van der Waals surface area contributed by atoms with Gasteiger partial charge in [0.2, 0.25) is 5.91 Å². The Kier molecular flexibility index (Phi) is 5.09. The zero-order valence-electron chi connectivity index (χ0n) is 16.2. The molecule has 2 saturated carbocycles. The van der Waals surface area contributed by atoms with E-state index in [1.54, 1.807) is 18.0 Å². The number of piperidine rings is 1. The number of hydrogen-bond donors (Lipinski definition) is 0. The van der Waals surface area contributed by atoms with Crippen LogP contribution in [0.4, 0.5) is 0 Å². The molecule has 1 amide bonds. The third kappa shape index (κ3) is 3.56. The van der Waals surface area contributed by atoms with Crippen LogP contribution < -0.4 is 0 Å². The van der Waals surface area contributed by atoms with Crippen molar-refractivity contribution in [3.05, 3.63) is 24.5 Å². The average Bonchev–Trinajstić information content (AvgIpc) is 3.51. The number of amides is 1. The predicted molar refractivity (Wildman–Crippen MR) is 109 cm³/mol. The van der Waals surface area contributed by atoms with Gasteiger partial charge in [-0.2, -0.15) is 0 Å². The molecular formula is C21H27N5OS. The Morgan fingerprint density at radius 2 is 1.96 bits per heavy atom. The lowest BCUT2D eigenvalue weighted by Gasteiger charge is -2.44. The number of nitrogens with zero attached hydrogens (tertiary/aromatic N) is 5. The molecule has 0 bridgehead atoms. The van der Waals surface area contributed by atoms with E-state index in [0.717, 1.165) is 48.3 Å². The molecule has 7 heteroatoms. The fourth-order valence-corrected chi connectivity index (χ4v) is 5.76. The highest BCUT2D eigenvalue weighted by atomic mass is 32.2. The molecule has 5 rings (SSSR count). The van der Waals surface area contributed by atoms with Gasteiger partial charge in [-0.1, -0.05) is 24.6 Å². The fraction of sp³-hybridized carbons (Fsp3) is 0.619. The van der Waals surface area contributed by atoms with E-state index in [1.165, 1.54) is 32.1 Å². The Morgan fingerprint density at radius 3 is 2.79 bits per heavy atom. The van der Waals surface area contributed by atoms with Crippen molar-refractivity contribution in [1.82, 2.24) is 24.6 Å². The van der Waals surface area contributed by atoms with Crippen molar-refractivity contribution in [2.24, 2.45) is 5.92 Å². The summed E-state index contributed by atoms with van der Waals surface area (Å²) in [6.45, 7) is 0.927. The van der Waals surface area contributed by atoms with Crippen molar-refractivity contribution in [2.45, 2.75) is 68.6 Å². The van der Waals surface area contributed by atoms with Gasteiger partial charge in [0, 0.05) is 36.6 Å². The summed E-state index contributed by atoms with van der Waals surface area (Å²) < 4.78 is 2.22. The lowest BCUT2D eigenvalue weighted by molar-refractivity contribution is -0.134. The summed E-state index contributed by atoms with van der Waals surface area (Å²) >= 11 is 1.55. The van der Waals surface area contributed by atoms with Crippen molar-refractivity contribution in [1.29, 1.82) is 0 Å². The number of rotatable bonds is 5. The Labute approximate surface area is 170 Å². The van der Waals surface area contributed by atoms with Gasteiger partial charge in [0.25, 0.3) is 0 Å². The molecule has 2 aromatic heterocycles. The molecule has 2 atom stereocenters. The summed E-state index contributed by atoms with van der Waals surface area (Å²) in [7, 11) is 0. The molecule has 2 aromatic rings.